The van der Waals surface area contributed by atoms with Crippen LogP contribution in [0.3, 0.4) is 0 Å². The maximum absolute atomic E-state index is 12.2. The lowest BCUT2D eigenvalue weighted by molar-refractivity contribution is -0.0660. The Morgan fingerprint density at radius 1 is 1.47 bits per heavy atom. The highest BCUT2D eigenvalue weighted by Gasteiger charge is 2.49. The number of hydrogen-bond acceptors (Lipinski definition) is 11. The van der Waals surface area contributed by atoms with Crippen molar-refractivity contribution in [2.24, 2.45) is 5.11 Å². The molecule has 0 aliphatic carbocycles. The average molecular weight is 472 g/mol. The summed E-state index contributed by atoms with van der Waals surface area (Å²) in [6.45, 7) is 4.35. The van der Waals surface area contributed by atoms with E-state index in [9.17, 15) is 24.8 Å². The van der Waals surface area contributed by atoms with Crippen molar-refractivity contribution in [3.8, 4) is 0 Å². The van der Waals surface area contributed by atoms with Crippen LogP contribution in [0.4, 0.5) is 11.8 Å². The number of ether oxygens (including phenoxy) is 1. The van der Waals surface area contributed by atoms with E-state index in [-0.39, 0.29) is 35.8 Å². The van der Waals surface area contributed by atoms with Crippen LogP contribution in [-0.4, -0.2) is 69.5 Å². The fourth-order valence-electron chi connectivity index (χ4n) is 3.43. The van der Waals surface area contributed by atoms with Crippen LogP contribution in [0.1, 0.15) is 39.8 Å². The molecule has 3 unspecified atom stereocenters. The van der Waals surface area contributed by atoms with Crippen LogP contribution in [-0.2, 0) is 13.8 Å². The molecule has 176 valence electrons. The zero-order chi connectivity index (χ0) is 23.8. The van der Waals surface area contributed by atoms with Crippen LogP contribution < -0.4 is 5.73 Å². The van der Waals surface area contributed by atoms with Crippen molar-refractivity contribution in [2.45, 2.75) is 69.6 Å². The van der Waals surface area contributed by atoms with E-state index in [1.807, 2.05) is 0 Å². The molecule has 6 N–H and O–H groups in total. The number of aliphatic hydroxyl groups excluding tert-OH is 3. The number of fused-ring (bicyclic) bond motifs is 1. The van der Waals surface area contributed by atoms with E-state index in [1.54, 1.807) is 6.92 Å². The summed E-state index contributed by atoms with van der Waals surface area (Å²) in [4.78, 5) is 24.6. The first kappa shape index (κ1) is 24.3. The monoisotopic (exact) mass is 472 g/mol. The summed E-state index contributed by atoms with van der Waals surface area (Å²) in [5.74, 6) is -1.82. The van der Waals surface area contributed by atoms with Gasteiger partial charge in [-0.25, -0.2) is 15.0 Å². The number of nitrogens with zero attached hydrogens (tertiary/aromatic N) is 7. The number of nitrogen functional groups attached to an aromatic ring is 1. The van der Waals surface area contributed by atoms with Gasteiger partial charge in [0.25, 0.3) is 0 Å². The lowest BCUT2D eigenvalue weighted by atomic mass is 9.93. The van der Waals surface area contributed by atoms with Gasteiger partial charge in [-0.2, -0.15) is 0 Å². The van der Waals surface area contributed by atoms with Gasteiger partial charge < -0.3 is 35.2 Å². The van der Waals surface area contributed by atoms with E-state index in [1.165, 1.54) is 11.5 Å². The van der Waals surface area contributed by atoms with E-state index in [2.05, 4.69) is 25.0 Å². The van der Waals surface area contributed by atoms with Crippen LogP contribution in [0.15, 0.2) is 11.4 Å². The molecule has 0 amide bonds. The Kier molecular flexibility index (Phi) is 6.75. The van der Waals surface area contributed by atoms with Gasteiger partial charge in [-0.1, -0.05) is 6.92 Å². The number of nitrogens with two attached hydrogens (primary N) is 1. The molecule has 0 aromatic carbocycles. The molecular formula is C16H25N8O7P. The zero-order valence-electron chi connectivity index (χ0n) is 17.5. The minimum atomic E-state index is -4.36. The van der Waals surface area contributed by atoms with Gasteiger partial charge in [0.15, 0.2) is 29.1 Å². The van der Waals surface area contributed by atoms with Crippen LogP contribution in [0, 0.1) is 0 Å². The highest BCUT2D eigenvalue weighted by atomic mass is 31.2. The number of azide groups is 1. The Balaban J connectivity index is 1.95. The molecule has 0 spiro atoms. The molecule has 7 atom stereocenters. The van der Waals surface area contributed by atoms with Crippen molar-refractivity contribution < 1.29 is 34.0 Å². The summed E-state index contributed by atoms with van der Waals surface area (Å²) in [5, 5.41) is 34.3. The predicted molar refractivity (Wildman–Crippen MR) is 110 cm³/mol. The fourth-order valence-corrected chi connectivity index (χ4v) is 4.42. The third kappa shape index (κ3) is 4.42. The smallest absolute Gasteiger partial charge is 0.356 e. The van der Waals surface area contributed by atoms with Crippen molar-refractivity contribution in [3.63, 3.8) is 0 Å². The third-order valence-electron chi connectivity index (χ3n) is 5.42. The Hall–Kier alpha value is -2.35. The molecule has 2 aromatic heterocycles. The number of aromatic nitrogens is 4. The second kappa shape index (κ2) is 8.89. The maximum Gasteiger partial charge on any atom is 0.356 e. The van der Waals surface area contributed by atoms with E-state index in [0.717, 1.165) is 13.3 Å². The molecule has 3 heterocycles. The fraction of sp³-hybridized carbons (Fsp3) is 0.688. The second-order valence-electron chi connectivity index (χ2n) is 7.74. The molecule has 15 nitrogen and oxygen atoms in total. The number of rotatable bonds is 8. The molecule has 32 heavy (non-hydrogen) atoms. The molecule has 3 rings (SSSR count). The van der Waals surface area contributed by atoms with E-state index >= 15 is 0 Å². The van der Waals surface area contributed by atoms with E-state index < -0.39 is 43.6 Å². The lowest BCUT2D eigenvalue weighted by Crippen LogP contribution is -2.38. The quantitative estimate of drug-likeness (QED) is 0.158. The summed E-state index contributed by atoms with van der Waals surface area (Å²) in [6.07, 6.45) is -3.97. The highest BCUT2D eigenvalue weighted by molar-refractivity contribution is 7.53. The van der Waals surface area contributed by atoms with E-state index in [0.29, 0.717) is 0 Å². The first-order valence-corrected chi connectivity index (χ1v) is 11.3. The topological polar surface area (TPSA) is 235 Å². The molecule has 16 heteroatoms. The van der Waals surface area contributed by atoms with Gasteiger partial charge in [0.1, 0.15) is 18.5 Å². The van der Waals surface area contributed by atoms with Gasteiger partial charge in [0.05, 0.1) is 11.7 Å². The minimum absolute atomic E-state index is 0.0107. The molecule has 1 aliphatic rings. The Morgan fingerprint density at radius 3 is 2.75 bits per heavy atom. The van der Waals surface area contributed by atoms with Crippen molar-refractivity contribution in [1.29, 1.82) is 0 Å². The number of imidazole rings is 1. The molecule has 1 saturated heterocycles. The van der Waals surface area contributed by atoms with Gasteiger partial charge in [0.2, 0.25) is 5.95 Å². The third-order valence-corrected chi connectivity index (χ3v) is 7.06. The van der Waals surface area contributed by atoms with Crippen molar-refractivity contribution in [2.75, 3.05) is 5.73 Å². The van der Waals surface area contributed by atoms with Gasteiger partial charge in [-0.15, -0.1) is 0 Å². The van der Waals surface area contributed by atoms with Crippen LogP contribution >= 0.6 is 7.60 Å². The first-order chi connectivity index (χ1) is 14.9. The van der Waals surface area contributed by atoms with E-state index in [4.69, 9.17) is 20.5 Å². The highest BCUT2D eigenvalue weighted by Crippen LogP contribution is 2.52. The number of hydrogen-bond donors (Lipinski definition) is 5. The van der Waals surface area contributed by atoms with Crippen LogP contribution in [0.5, 0.6) is 0 Å². The minimum Gasteiger partial charge on any atom is -0.388 e. The number of aliphatic hydroxyl groups is 3. The summed E-state index contributed by atoms with van der Waals surface area (Å²) in [6, 6.07) is 0. The molecule has 1 aliphatic heterocycles. The molecule has 0 saturated carbocycles. The summed E-state index contributed by atoms with van der Waals surface area (Å²) in [5.41, 5.74) is 13.6. The Labute approximate surface area is 182 Å². The maximum atomic E-state index is 12.2. The molecular weight excluding hydrogens is 447 g/mol. The normalized spacial score (nSPS) is 28.1. The van der Waals surface area contributed by atoms with Crippen LogP contribution in [0.2, 0.25) is 0 Å². The molecule has 2 aromatic rings. The van der Waals surface area contributed by atoms with Gasteiger partial charge in [-0.05, 0) is 30.9 Å². The average Bonchev–Trinajstić information content (AvgIpc) is 3.21. The Morgan fingerprint density at radius 2 is 2.16 bits per heavy atom. The van der Waals surface area contributed by atoms with Gasteiger partial charge >= 0.3 is 7.60 Å². The second-order valence-corrected chi connectivity index (χ2v) is 9.80. The number of anilines is 1. The summed E-state index contributed by atoms with van der Waals surface area (Å²) < 4.78 is 24.6. The lowest BCUT2D eigenvalue weighted by Gasteiger charge is -2.34. The summed E-state index contributed by atoms with van der Waals surface area (Å²) >= 11 is 0. The van der Waals surface area contributed by atoms with Crippen LogP contribution in [0.25, 0.3) is 21.6 Å². The molecule has 1 fully saturated rings. The van der Waals surface area contributed by atoms with Crippen molar-refractivity contribution in [3.05, 3.63) is 16.8 Å². The van der Waals surface area contributed by atoms with Gasteiger partial charge in [-0.3, -0.25) is 9.13 Å². The van der Waals surface area contributed by atoms with Gasteiger partial charge in [0, 0.05) is 11.3 Å². The zero-order valence-corrected chi connectivity index (χ0v) is 18.4. The Bertz CT molecular complexity index is 1090. The molecule has 0 bridgehead atoms. The van der Waals surface area contributed by atoms with Crippen molar-refractivity contribution >= 4 is 30.5 Å². The first-order valence-electron chi connectivity index (χ1n) is 9.70. The standard InChI is InChI=1S/C16H25N8O7P/c1-4-16(3,31-32(28,29)7(2)25)5-8-10(26)11(27)14(30-8)24-13-9(12(17)19-6-20-13)21-15(24)22-23-18/h6-8,10-11,14,25-27H,4-5H2,1-3H3,(H,28,29)(H2,17,19,20)/t7?,8-,10-,11-,14-,16?/m1/s1. The largest absolute Gasteiger partial charge is 0.388 e. The molecule has 0 radical (unpaired) electrons. The summed E-state index contributed by atoms with van der Waals surface area (Å²) in [7, 11) is -4.36. The SMILES string of the molecule is CCC(C)(C[C@H]1O[C@@H](n2c(N=[N+]=[N-])nc3c(N)ncnc32)[C@H](O)[C@@H]1O)OP(=O)(O)C(C)O. The van der Waals surface area contributed by atoms with Crippen molar-refractivity contribution in [1.82, 2.24) is 19.5 Å². The predicted octanol–water partition coefficient (Wildman–Crippen LogP) is 1.07.